The first kappa shape index (κ1) is 23.9. The van der Waals surface area contributed by atoms with Crippen molar-refractivity contribution in [2.75, 3.05) is 0 Å². The van der Waals surface area contributed by atoms with Crippen molar-refractivity contribution < 1.29 is 20.8 Å². The maximum absolute atomic E-state index is 6.99. The fourth-order valence-electron chi connectivity index (χ4n) is 3.97. The molecular weight excluding hydrogens is 408 g/mol. The molecule has 0 saturated heterocycles. The average molecular weight is 450 g/mol. The van der Waals surface area contributed by atoms with Gasteiger partial charge in [0.15, 0.2) is 0 Å². The van der Waals surface area contributed by atoms with E-state index in [0.29, 0.717) is 11.0 Å². The molecule has 0 spiro atoms. The van der Waals surface area contributed by atoms with Crippen LogP contribution in [0.5, 0.6) is 5.75 Å². The normalized spacial score (nSPS) is 18.4. The molecule has 28 heavy (non-hydrogen) atoms. The third-order valence-corrected chi connectivity index (χ3v) is 23.3. The second kappa shape index (κ2) is 8.41. The third kappa shape index (κ3) is 4.53. The van der Waals surface area contributed by atoms with Crippen LogP contribution in [-0.4, -0.2) is 14.7 Å². The van der Waals surface area contributed by atoms with Gasteiger partial charge in [0, 0.05) is 0 Å². The molecule has 1 aliphatic rings. The van der Waals surface area contributed by atoms with Crippen molar-refractivity contribution >= 4 is 19.9 Å². The summed E-state index contributed by atoms with van der Waals surface area (Å²) in [5, 5.41) is 1.87. The molecule has 1 unspecified atom stereocenters. The first-order valence-corrected chi connectivity index (χ1v) is 20.7. The van der Waals surface area contributed by atoms with Crippen molar-refractivity contribution in [3.05, 3.63) is 44.4 Å². The van der Waals surface area contributed by atoms with Gasteiger partial charge in [-0.15, -0.1) is 0 Å². The zero-order valence-corrected chi connectivity index (χ0v) is 24.0. The van der Waals surface area contributed by atoms with Gasteiger partial charge in [-0.2, -0.15) is 0 Å². The van der Waals surface area contributed by atoms with Gasteiger partial charge in [-0.05, 0) is 0 Å². The van der Waals surface area contributed by atoms with Gasteiger partial charge >= 0.3 is 183 Å². The number of hydrogen-bond donors (Lipinski definition) is 0. The van der Waals surface area contributed by atoms with Crippen LogP contribution in [0.25, 0.3) is 0 Å². The van der Waals surface area contributed by atoms with Crippen molar-refractivity contribution in [3.8, 4) is 5.75 Å². The zero-order chi connectivity index (χ0) is 21.6. The second-order valence-corrected chi connectivity index (χ2v) is 28.1. The van der Waals surface area contributed by atoms with Crippen LogP contribution in [0.2, 0.25) is 31.2 Å². The van der Waals surface area contributed by atoms with E-state index in [4.69, 9.17) is 3.32 Å². The van der Waals surface area contributed by atoms with Crippen LogP contribution in [0.15, 0.2) is 38.8 Å². The molecule has 0 radical (unpaired) electrons. The van der Waals surface area contributed by atoms with Gasteiger partial charge in [0.2, 0.25) is 0 Å². The van der Waals surface area contributed by atoms with Crippen molar-refractivity contribution in [2.45, 2.75) is 86.6 Å². The number of benzene rings is 1. The Bertz CT molecular complexity index is 812. The van der Waals surface area contributed by atoms with Crippen LogP contribution in [-0.2, 0) is 17.5 Å². The third-order valence-electron chi connectivity index (χ3n) is 7.31. The van der Waals surface area contributed by atoms with E-state index in [1.807, 2.05) is 0 Å². The van der Waals surface area contributed by atoms with E-state index in [1.54, 1.807) is 15.0 Å². The SMILES string of the molecule is CC1=C(C)C(C)[C]([Ti]([O]c2cc(C)cc([Si](C)(C)C(C)(C)C)c2)[SiH](C)C)=C1C. The Morgan fingerprint density at radius 3 is 1.96 bits per heavy atom. The summed E-state index contributed by atoms with van der Waals surface area (Å²) in [4.78, 5) is 0. The molecule has 2 rings (SSSR count). The Kier molecular flexibility index (Phi) is 7.19. The van der Waals surface area contributed by atoms with Crippen molar-refractivity contribution in [1.29, 1.82) is 0 Å². The summed E-state index contributed by atoms with van der Waals surface area (Å²) in [6, 6.07) is 7.09. The molecule has 1 aromatic carbocycles. The van der Waals surface area contributed by atoms with Crippen LogP contribution < -0.4 is 8.51 Å². The van der Waals surface area contributed by atoms with Crippen molar-refractivity contribution in [3.63, 3.8) is 0 Å². The minimum atomic E-state index is -1.76. The van der Waals surface area contributed by atoms with Crippen LogP contribution in [0, 0.1) is 12.8 Å². The predicted molar refractivity (Wildman–Crippen MR) is 128 cm³/mol. The molecule has 0 aliphatic heterocycles. The van der Waals surface area contributed by atoms with E-state index >= 15 is 0 Å². The molecule has 0 heterocycles. The van der Waals surface area contributed by atoms with Gasteiger partial charge in [-0.1, -0.05) is 0 Å². The van der Waals surface area contributed by atoms with Crippen LogP contribution in [0.3, 0.4) is 0 Å². The van der Waals surface area contributed by atoms with Crippen LogP contribution in [0.1, 0.15) is 54.0 Å². The molecule has 0 saturated carbocycles. The minimum absolute atomic E-state index is 0.335. The Labute approximate surface area is 182 Å². The van der Waals surface area contributed by atoms with Crippen LogP contribution >= 0.6 is 0 Å². The Morgan fingerprint density at radius 1 is 0.964 bits per heavy atom. The topological polar surface area (TPSA) is 9.23 Å². The second-order valence-electron chi connectivity index (χ2n) is 10.6. The van der Waals surface area contributed by atoms with Gasteiger partial charge in [0.25, 0.3) is 0 Å². The van der Waals surface area contributed by atoms with Crippen molar-refractivity contribution in [1.82, 2.24) is 0 Å². The van der Waals surface area contributed by atoms with Gasteiger partial charge in [0.05, 0.1) is 0 Å². The van der Waals surface area contributed by atoms with E-state index in [1.165, 1.54) is 16.3 Å². The van der Waals surface area contributed by atoms with E-state index in [9.17, 15) is 0 Å². The number of allylic oxidation sites excluding steroid dienone is 4. The molecular formula is C24H41OSi2Ti. The summed E-state index contributed by atoms with van der Waals surface area (Å²) in [7, 11) is -1.57. The van der Waals surface area contributed by atoms with Crippen molar-refractivity contribution in [2.24, 2.45) is 5.92 Å². The Morgan fingerprint density at radius 2 is 1.54 bits per heavy atom. The molecule has 4 heteroatoms. The van der Waals surface area contributed by atoms with E-state index < -0.39 is 32.3 Å². The molecule has 0 bridgehead atoms. The molecule has 0 aromatic heterocycles. The zero-order valence-electron chi connectivity index (χ0n) is 20.3. The summed E-state index contributed by atoms with van der Waals surface area (Å²) in [6.07, 6.45) is 0. The first-order chi connectivity index (χ1) is 12.7. The standard InChI is InChI=1S/C13H22OSi.C9H13.C2H7Si.Ti/c1-10-7-11(14)9-12(8-10)15(5,6)13(2,3)4;1-6-5-7(2)9(4)8(6)3;1-3-2;/h7-9,14H,1-6H3;6H,1-4H3;3H,1-2H3;/q;;;+1/p-1. The summed E-state index contributed by atoms with van der Waals surface area (Å²) >= 11 is -1.76. The van der Waals surface area contributed by atoms with E-state index in [-0.39, 0.29) is 0 Å². The maximum atomic E-state index is 6.99. The van der Waals surface area contributed by atoms with E-state index in [0.717, 1.165) is 5.75 Å². The molecule has 1 nitrogen and oxygen atoms in total. The van der Waals surface area contributed by atoms with Gasteiger partial charge in [0.1, 0.15) is 0 Å². The molecule has 0 amide bonds. The fraction of sp³-hybridized carbons (Fsp3) is 0.583. The number of aryl methyl sites for hydroxylation is 1. The average Bonchev–Trinajstić information content (AvgIpc) is 2.75. The number of rotatable bonds is 5. The molecule has 155 valence electrons. The monoisotopic (exact) mass is 449 g/mol. The van der Waals surface area contributed by atoms with Gasteiger partial charge in [-0.3, -0.25) is 0 Å². The molecule has 0 fully saturated rings. The quantitative estimate of drug-likeness (QED) is 0.446. The van der Waals surface area contributed by atoms with Gasteiger partial charge in [-0.25, -0.2) is 0 Å². The summed E-state index contributed by atoms with van der Waals surface area (Å²) in [5.74, 6) is 1.72. The Hall–Kier alpha value is -0.352. The first-order valence-electron chi connectivity index (χ1n) is 10.7. The number of hydrogen-bond acceptors (Lipinski definition) is 1. The summed E-state index contributed by atoms with van der Waals surface area (Å²) in [6.45, 7) is 27.9. The molecule has 1 aliphatic carbocycles. The molecule has 0 N–H and O–H groups in total. The fourth-order valence-corrected chi connectivity index (χ4v) is 15.9. The van der Waals surface area contributed by atoms with Crippen LogP contribution in [0.4, 0.5) is 0 Å². The summed E-state index contributed by atoms with van der Waals surface area (Å²) < 4.78 is 8.69. The Balaban J connectivity index is 2.46. The van der Waals surface area contributed by atoms with E-state index in [2.05, 4.69) is 99.8 Å². The molecule has 1 aromatic rings. The summed E-state index contributed by atoms with van der Waals surface area (Å²) in [5.41, 5.74) is 5.95. The van der Waals surface area contributed by atoms with Gasteiger partial charge < -0.3 is 0 Å². The molecule has 1 atom stereocenters. The predicted octanol–water partition coefficient (Wildman–Crippen LogP) is 6.87.